The third-order valence-electron chi connectivity index (χ3n) is 3.45. The molecule has 0 amide bonds. The SMILES string of the molecule is CCOC(=O)C(Cc1ccccc1)Nc1nc2ccccc2o1. The Morgan fingerprint density at radius 3 is 2.65 bits per heavy atom. The molecule has 0 aliphatic rings. The van der Waals surface area contributed by atoms with E-state index in [0.29, 0.717) is 24.6 Å². The number of nitrogens with one attached hydrogen (secondary N) is 1. The van der Waals surface area contributed by atoms with E-state index in [4.69, 9.17) is 9.15 Å². The van der Waals surface area contributed by atoms with E-state index in [9.17, 15) is 4.79 Å². The van der Waals surface area contributed by atoms with Crippen LogP contribution in [0.3, 0.4) is 0 Å². The van der Waals surface area contributed by atoms with Crippen LogP contribution in [0.2, 0.25) is 0 Å². The molecule has 0 saturated carbocycles. The molecule has 2 aromatic carbocycles. The molecule has 1 atom stereocenters. The number of hydrogen-bond donors (Lipinski definition) is 1. The first-order valence-corrected chi connectivity index (χ1v) is 7.59. The van der Waals surface area contributed by atoms with Crippen LogP contribution >= 0.6 is 0 Å². The highest BCUT2D eigenvalue weighted by Gasteiger charge is 2.22. The highest BCUT2D eigenvalue weighted by molar-refractivity contribution is 5.80. The van der Waals surface area contributed by atoms with Gasteiger partial charge in [0.2, 0.25) is 0 Å². The molecule has 1 unspecified atom stereocenters. The standard InChI is InChI=1S/C18H18N2O3/c1-2-22-17(21)15(12-13-8-4-3-5-9-13)20-18-19-14-10-6-7-11-16(14)23-18/h3-11,15H,2,12H2,1H3,(H,19,20). The molecule has 0 spiro atoms. The Kier molecular flexibility index (Phi) is 4.57. The van der Waals surface area contributed by atoms with Crippen molar-refractivity contribution in [3.8, 4) is 0 Å². The molecular formula is C18H18N2O3. The molecule has 0 bridgehead atoms. The normalized spacial score (nSPS) is 12.0. The molecule has 5 nitrogen and oxygen atoms in total. The molecule has 1 heterocycles. The number of carbonyl (C=O) groups excluding carboxylic acids is 1. The number of esters is 1. The molecule has 1 N–H and O–H groups in total. The third kappa shape index (κ3) is 3.69. The van der Waals surface area contributed by atoms with Gasteiger partial charge in [0, 0.05) is 6.42 Å². The zero-order valence-corrected chi connectivity index (χ0v) is 12.9. The molecule has 5 heteroatoms. The summed E-state index contributed by atoms with van der Waals surface area (Å²) in [4.78, 5) is 16.6. The van der Waals surface area contributed by atoms with Gasteiger partial charge in [-0.25, -0.2) is 4.79 Å². The van der Waals surface area contributed by atoms with Crippen LogP contribution in [0.5, 0.6) is 0 Å². The summed E-state index contributed by atoms with van der Waals surface area (Å²) < 4.78 is 10.8. The maximum Gasteiger partial charge on any atom is 0.329 e. The van der Waals surface area contributed by atoms with Gasteiger partial charge in [-0.3, -0.25) is 0 Å². The summed E-state index contributed by atoms with van der Waals surface area (Å²) in [7, 11) is 0. The van der Waals surface area contributed by atoms with E-state index in [1.54, 1.807) is 6.92 Å². The Labute approximate surface area is 134 Å². The Morgan fingerprint density at radius 1 is 1.17 bits per heavy atom. The summed E-state index contributed by atoms with van der Waals surface area (Å²) in [5, 5.41) is 3.05. The fourth-order valence-corrected chi connectivity index (χ4v) is 2.37. The molecule has 0 aliphatic heterocycles. The van der Waals surface area contributed by atoms with Crippen molar-refractivity contribution in [2.75, 3.05) is 11.9 Å². The number of anilines is 1. The molecule has 3 aromatic rings. The fraction of sp³-hybridized carbons (Fsp3) is 0.222. The van der Waals surface area contributed by atoms with Crippen molar-refractivity contribution in [1.29, 1.82) is 0 Å². The minimum absolute atomic E-state index is 0.320. The lowest BCUT2D eigenvalue weighted by atomic mass is 10.1. The van der Waals surface area contributed by atoms with Crippen molar-refractivity contribution in [3.63, 3.8) is 0 Å². The van der Waals surface area contributed by atoms with Crippen LogP contribution in [-0.2, 0) is 16.0 Å². The second-order valence-electron chi connectivity index (χ2n) is 5.13. The van der Waals surface area contributed by atoms with Crippen molar-refractivity contribution < 1.29 is 13.9 Å². The average molecular weight is 310 g/mol. The Morgan fingerprint density at radius 2 is 1.91 bits per heavy atom. The Balaban J connectivity index is 1.81. The van der Waals surface area contributed by atoms with Crippen molar-refractivity contribution in [1.82, 2.24) is 4.98 Å². The zero-order chi connectivity index (χ0) is 16.1. The van der Waals surface area contributed by atoms with Crippen LogP contribution < -0.4 is 5.32 Å². The second kappa shape index (κ2) is 6.96. The number of aromatic nitrogens is 1. The molecule has 118 valence electrons. The first-order valence-electron chi connectivity index (χ1n) is 7.59. The Hall–Kier alpha value is -2.82. The molecule has 0 fully saturated rings. The highest BCUT2D eigenvalue weighted by atomic mass is 16.5. The van der Waals surface area contributed by atoms with Gasteiger partial charge in [-0.2, -0.15) is 4.98 Å². The van der Waals surface area contributed by atoms with Crippen molar-refractivity contribution >= 4 is 23.1 Å². The first-order chi connectivity index (χ1) is 11.3. The monoisotopic (exact) mass is 310 g/mol. The molecule has 3 rings (SSSR count). The van der Waals surface area contributed by atoms with Crippen LogP contribution in [-0.4, -0.2) is 23.6 Å². The van der Waals surface area contributed by atoms with Crippen molar-refractivity contribution in [2.24, 2.45) is 0 Å². The maximum atomic E-state index is 12.2. The lowest BCUT2D eigenvalue weighted by Gasteiger charge is -2.16. The van der Waals surface area contributed by atoms with Gasteiger partial charge >= 0.3 is 5.97 Å². The summed E-state index contributed by atoms with van der Waals surface area (Å²) >= 11 is 0. The van der Waals surface area contributed by atoms with Gasteiger partial charge in [0.1, 0.15) is 11.6 Å². The predicted molar refractivity (Wildman–Crippen MR) is 88.2 cm³/mol. The number of ether oxygens (including phenoxy) is 1. The van der Waals surface area contributed by atoms with Crippen LogP contribution in [0.25, 0.3) is 11.1 Å². The van der Waals surface area contributed by atoms with Gasteiger partial charge in [-0.15, -0.1) is 0 Å². The minimum atomic E-state index is -0.551. The molecule has 1 aromatic heterocycles. The van der Waals surface area contributed by atoms with E-state index < -0.39 is 6.04 Å². The van der Waals surface area contributed by atoms with Crippen molar-refractivity contribution in [3.05, 3.63) is 60.2 Å². The molecule has 0 aliphatic carbocycles. The van der Waals surface area contributed by atoms with Gasteiger partial charge in [0.15, 0.2) is 5.58 Å². The lowest BCUT2D eigenvalue weighted by molar-refractivity contribution is -0.144. The largest absolute Gasteiger partial charge is 0.464 e. The number of oxazole rings is 1. The van der Waals surface area contributed by atoms with Gasteiger partial charge in [0.05, 0.1) is 6.61 Å². The number of carbonyl (C=O) groups is 1. The lowest BCUT2D eigenvalue weighted by Crippen LogP contribution is -2.33. The topological polar surface area (TPSA) is 64.4 Å². The number of hydrogen-bond acceptors (Lipinski definition) is 5. The summed E-state index contributed by atoms with van der Waals surface area (Å²) in [5.41, 5.74) is 2.46. The maximum absolute atomic E-state index is 12.2. The number of nitrogens with zero attached hydrogens (tertiary/aromatic N) is 1. The predicted octanol–water partition coefficient (Wildman–Crippen LogP) is 3.41. The van der Waals surface area contributed by atoms with E-state index in [1.807, 2.05) is 54.6 Å². The van der Waals surface area contributed by atoms with Gasteiger partial charge < -0.3 is 14.5 Å². The minimum Gasteiger partial charge on any atom is -0.464 e. The summed E-state index contributed by atoms with van der Waals surface area (Å²) in [6, 6.07) is 17.0. The van der Waals surface area contributed by atoms with Crippen LogP contribution in [0, 0.1) is 0 Å². The van der Waals surface area contributed by atoms with Crippen LogP contribution in [0.15, 0.2) is 59.0 Å². The molecule has 0 saturated heterocycles. The van der Waals surface area contributed by atoms with Crippen LogP contribution in [0.4, 0.5) is 6.01 Å². The fourth-order valence-electron chi connectivity index (χ4n) is 2.37. The van der Waals surface area contributed by atoms with E-state index in [1.165, 1.54) is 0 Å². The number of benzene rings is 2. The summed E-state index contributed by atoms with van der Waals surface area (Å²) in [6.07, 6.45) is 0.498. The number of rotatable bonds is 6. The molecule has 23 heavy (non-hydrogen) atoms. The first kappa shape index (κ1) is 15.1. The quantitative estimate of drug-likeness (QED) is 0.707. The average Bonchev–Trinajstić information content (AvgIpc) is 2.98. The van der Waals surface area contributed by atoms with Gasteiger partial charge in [-0.1, -0.05) is 42.5 Å². The van der Waals surface area contributed by atoms with E-state index >= 15 is 0 Å². The number of fused-ring (bicyclic) bond motifs is 1. The van der Waals surface area contributed by atoms with E-state index in [-0.39, 0.29) is 5.97 Å². The van der Waals surface area contributed by atoms with Crippen LogP contribution in [0.1, 0.15) is 12.5 Å². The smallest absolute Gasteiger partial charge is 0.329 e. The van der Waals surface area contributed by atoms with E-state index in [0.717, 1.165) is 11.1 Å². The second-order valence-corrected chi connectivity index (χ2v) is 5.13. The highest BCUT2D eigenvalue weighted by Crippen LogP contribution is 2.19. The zero-order valence-electron chi connectivity index (χ0n) is 12.9. The number of para-hydroxylation sites is 2. The van der Waals surface area contributed by atoms with Gasteiger partial charge in [0.25, 0.3) is 6.01 Å². The Bertz CT molecular complexity index is 750. The third-order valence-corrected chi connectivity index (χ3v) is 3.45. The van der Waals surface area contributed by atoms with Gasteiger partial charge in [-0.05, 0) is 24.6 Å². The van der Waals surface area contributed by atoms with E-state index in [2.05, 4.69) is 10.3 Å². The molecular weight excluding hydrogens is 292 g/mol. The summed E-state index contributed by atoms with van der Waals surface area (Å²) in [5.74, 6) is -0.321. The summed E-state index contributed by atoms with van der Waals surface area (Å²) in [6.45, 7) is 2.12. The molecule has 0 radical (unpaired) electrons. The van der Waals surface area contributed by atoms with Crippen molar-refractivity contribution in [2.45, 2.75) is 19.4 Å².